The zero-order chi connectivity index (χ0) is 27.4. The van der Waals surface area contributed by atoms with Crippen molar-refractivity contribution in [2.75, 3.05) is 22.3 Å². The van der Waals surface area contributed by atoms with E-state index in [0.717, 1.165) is 27.4 Å². The molecule has 1 N–H and O–H groups in total. The highest BCUT2D eigenvalue weighted by Gasteiger charge is 2.30. The Labute approximate surface area is 236 Å². The number of halogens is 1. The van der Waals surface area contributed by atoms with Crippen LogP contribution in [0.2, 0.25) is 5.02 Å². The summed E-state index contributed by atoms with van der Waals surface area (Å²) in [5, 5.41) is 9.46. The summed E-state index contributed by atoms with van der Waals surface area (Å²) in [5.74, 6) is -0.226. The number of hydrogen-bond acceptors (Lipinski definition) is 6. The van der Waals surface area contributed by atoms with Crippen molar-refractivity contribution in [2.24, 2.45) is 0 Å². The zero-order valence-corrected chi connectivity index (χ0v) is 22.8. The van der Waals surface area contributed by atoms with Crippen LogP contribution in [0.5, 0.6) is 11.6 Å². The van der Waals surface area contributed by atoms with Gasteiger partial charge in [-0.2, -0.15) is 0 Å². The lowest BCUT2D eigenvalue weighted by molar-refractivity contribution is -0.136. The number of para-hydroxylation sites is 2. The molecule has 0 fully saturated rings. The van der Waals surface area contributed by atoms with Crippen LogP contribution in [0, 0.1) is 6.92 Å². The maximum absolute atomic E-state index is 13.9. The maximum Gasteiger partial charge on any atom is 0.303 e. The standard InChI is InChI=1S/C30H26ClN3O4S/c1-20-8-12-22(31)19-27(20)38-29-24(5-4-16-32-29)30(37)33-17-18-34(26-7-3-2-6-25(26)33)39-23-13-9-21(10-14-23)11-15-28(35)36/h2-10,12-14,16,19H,11,15,17-18H2,1H3,(H,35,36). The van der Waals surface area contributed by atoms with E-state index < -0.39 is 5.97 Å². The molecule has 4 aromatic rings. The number of anilines is 2. The van der Waals surface area contributed by atoms with Crippen molar-refractivity contribution in [2.45, 2.75) is 24.7 Å². The number of carboxylic acids is 1. The Bertz CT molecular complexity index is 1510. The number of pyridine rings is 1. The normalized spacial score (nSPS) is 12.7. The quantitative estimate of drug-likeness (QED) is 0.232. The first-order valence-electron chi connectivity index (χ1n) is 12.5. The lowest BCUT2D eigenvalue weighted by Crippen LogP contribution is -2.42. The number of amides is 1. The van der Waals surface area contributed by atoms with Gasteiger partial charge in [0.25, 0.3) is 5.91 Å². The van der Waals surface area contributed by atoms with Crippen LogP contribution in [0.1, 0.15) is 27.9 Å². The fourth-order valence-electron chi connectivity index (χ4n) is 4.30. The molecule has 7 nitrogen and oxygen atoms in total. The number of ether oxygens (including phenoxy) is 1. The van der Waals surface area contributed by atoms with Crippen molar-refractivity contribution in [3.63, 3.8) is 0 Å². The molecule has 0 radical (unpaired) electrons. The van der Waals surface area contributed by atoms with Gasteiger partial charge in [0.15, 0.2) is 0 Å². The minimum absolute atomic E-state index is 0.109. The van der Waals surface area contributed by atoms with Crippen molar-refractivity contribution >= 4 is 46.8 Å². The number of rotatable bonds is 8. The second kappa shape index (κ2) is 11.8. The molecule has 1 aliphatic rings. The second-order valence-corrected chi connectivity index (χ2v) is 10.6. The summed E-state index contributed by atoms with van der Waals surface area (Å²) in [6.45, 7) is 2.99. The summed E-state index contributed by atoms with van der Waals surface area (Å²) in [5.41, 5.74) is 3.96. The van der Waals surface area contributed by atoms with Crippen LogP contribution in [0.4, 0.5) is 11.4 Å². The van der Waals surface area contributed by atoms with E-state index in [4.69, 9.17) is 21.4 Å². The van der Waals surface area contributed by atoms with Gasteiger partial charge >= 0.3 is 5.97 Å². The van der Waals surface area contributed by atoms with Crippen LogP contribution >= 0.6 is 23.5 Å². The van der Waals surface area contributed by atoms with E-state index in [1.54, 1.807) is 47.3 Å². The predicted molar refractivity (Wildman–Crippen MR) is 154 cm³/mol. The second-order valence-electron chi connectivity index (χ2n) is 9.04. The van der Waals surface area contributed by atoms with Gasteiger partial charge in [0.1, 0.15) is 11.3 Å². The van der Waals surface area contributed by atoms with Gasteiger partial charge in [0.2, 0.25) is 5.88 Å². The van der Waals surface area contributed by atoms with Crippen LogP contribution in [-0.2, 0) is 11.2 Å². The number of benzene rings is 3. The third-order valence-corrected chi connectivity index (χ3v) is 7.66. The summed E-state index contributed by atoms with van der Waals surface area (Å²) in [7, 11) is 0. The predicted octanol–water partition coefficient (Wildman–Crippen LogP) is 7.03. The Morgan fingerprint density at radius 2 is 1.77 bits per heavy atom. The molecule has 1 aromatic heterocycles. The van der Waals surface area contributed by atoms with Crippen molar-refractivity contribution < 1.29 is 19.4 Å². The molecule has 0 unspecified atom stereocenters. The van der Waals surface area contributed by atoms with Crippen LogP contribution < -0.4 is 13.9 Å². The van der Waals surface area contributed by atoms with Gasteiger partial charge in [-0.05, 0) is 85.0 Å². The first-order chi connectivity index (χ1) is 18.9. The van der Waals surface area contributed by atoms with Crippen LogP contribution in [-0.4, -0.2) is 35.1 Å². The smallest absolute Gasteiger partial charge is 0.303 e. The van der Waals surface area contributed by atoms with Gasteiger partial charge < -0.3 is 19.0 Å². The Hall–Kier alpha value is -4.01. The summed E-state index contributed by atoms with van der Waals surface area (Å²) in [4.78, 5) is 31.9. The lowest BCUT2D eigenvalue weighted by atomic mass is 10.1. The summed E-state index contributed by atoms with van der Waals surface area (Å²) in [6, 6.07) is 24.5. The molecule has 0 bridgehead atoms. The zero-order valence-electron chi connectivity index (χ0n) is 21.2. The fourth-order valence-corrected chi connectivity index (χ4v) is 5.40. The van der Waals surface area contributed by atoms with Gasteiger partial charge in [0, 0.05) is 35.6 Å². The summed E-state index contributed by atoms with van der Waals surface area (Å²) >= 11 is 7.75. The highest BCUT2D eigenvalue weighted by molar-refractivity contribution is 8.00. The van der Waals surface area contributed by atoms with E-state index >= 15 is 0 Å². The Balaban J connectivity index is 1.37. The average Bonchev–Trinajstić information content (AvgIpc) is 2.95. The van der Waals surface area contributed by atoms with Crippen molar-refractivity contribution in [3.8, 4) is 11.6 Å². The topological polar surface area (TPSA) is 83.0 Å². The van der Waals surface area contributed by atoms with Crippen LogP contribution in [0.3, 0.4) is 0 Å². The van der Waals surface area contributed by atoms with Gasteiger partial charge in [-0.25, -0.2) is 4.98 Å². The third kappa shape index (κ3) is 6.19. The summed E-state index contributed by atoms with van der Waals surface area (Å²) < 4.78 is 8.24. The molecule has 5 rings (SSSR count). The van der Waals surface area contributed by atoms with Crippen LogP contribution in [0.15, 0.2) is 90.0 Å². The van der Waals surface area contributed by atoms with Gasteiger partial charge in [-0.15, -0.1) is 0 Å². The summed E-state index contributed by atoms with van der Waals surface area (Å²) in [6.07, 6.45) is 2.21. The van der Waals surface area contributed by atoms with Gasteiger partial charge in [0.05, 0.1) is 11.4 Å². The first-order valence-corrected chi connectivity index (χ1v) is 13.6. The van der Waals surface area contributed by atoms with Crippen molar-refractivity contribution in [3.05, 3.63) is 107 Å². The molecule has 0 aliphatic carbocycles. The van der Waals surface area contributed by atoms with Crippen molar-refractivity contribution in [1.29, 1.82) is 0 Å². The molecule has 2 heterocycles. The minimum atomic E-state index is -0.804. The minimum Gasteiger partial charge on any atom is -0.481 e. The molecule has 9 heteroatoms. The van der Waals surface area contributed by atoms with Gasteiger partial charge in [-0.3, -0.25) is 9.59 Å². The number of hydrogen-bond donors (Lipinski definition) is 1. The van der Waals surface area contributed by atoms with E-state index in [0.29, 0.717) is 35.8 Å². The van der Waals surface area contributed by atoms with E-state index in [2.05, 4.69) is 9.29 Å². The molecule has 3 aromatic carbocycles. The SMILES string of the molecule is Cc1ccc(Cl)cc1Oc1ncccc1C(=O)N1CCN(Sc2ccc(CCC(=O)O)cc2)c2ccccc21. The van der Waals surface area contributed by atoms with Crippen LogP contribution in [0.25, 0.3) is 0 Å². The highest BCUT2D eigenvalue weighted by atomic mass is 35.5. The number of carboxylic acid groups (broad SMARTS) is 1. The van der Waals surface area contributed by atoms with Gasteiger partial charge in [-0.1, -0.05) is 41.9 Å². The largest absolute Gasteiger partial charge is 0.481 e. The highest BCUT2D eigenvalue weighted by Crippen LogP contribution is 2.40. The molecule has 1 aliphatic heterocycles. The lowest BCUT2D eigenvalue weighted by Gasteiger charge is -2.37. The molecule has 0 saturated heterocycles. The van der Waals surface area contributed by atoms with E-state index in [9.17, 15) is 9.59 Å². The first kappa shape index (κ1) is 26.6. The molecule has 198 valence electrons. The monoisotopic (exact) mass is 559 g/mol. The molecule has 1 amide bonds. The number of carbonyl (C=O) groups excluding carboxylic acids is 1. The average molecular weight is 560 g/mol. The molecular weight excluding hydrogens is 534 g/mol. The molecule has 0 spiro atoms. The number of aryl methyl sites for hydroxylation is 2. The Morgan fingerprint density at radius 3 is 2.54 bits per heavy atom. The van der Waals surface area contributed by atoms with E-state index in [1.165, 1.54) is 0 Å². The third-order valence-electron chi connectivity index (χ3n) is 6.34. The van der Waals surface area contributed by atoms with E-state index in [1.807, 2.05) is 61.5 Å². The molecule has 0 atom stereocenters. The number of aliphatic carboxylic acids is 1. The molecular formula is C30H26ClN3O4S. The Morgan fingerprint density at radius 1 is 1.00 bits per heavy atom. The molecule has 39 heavy (non-hydrogen) atoms. The Kier molecular flexibility index (Phi) is 8.05. The number of fused-ring (bicyclic) bond motifs is 1. The fraction of sp³-hybridized carbons (Fsp3) is 0.167. The van der Waals surface area contributed by atoms with Crippen molar-refractivity contribution in [1.82, 2.24) is 4.98 Å². The molecule has 0 saturated carbocycles. The number of nitrogens with zero attached hydrogens (tertiary/aromatic N) is 3. The maximum atomic E-state index is 13.9. The van der Waals surface area contributed by atoms with E-state index in [-0.39, 0.29) is 18.2 Å². The number of aromatic nitrogens is 1. The number of carbonyl (C=O) groups is 2.